The van der Waals surface area contributed by atoms with E-state index in [0.717, 1.165) is 17.7 Å². The van der Waals surface area contributed by atoms with Gasteiger partial charge in [0, 0.05) is 31.5 Å². The number of esters is 1. The van der Waals surface area contributed by atoms with E-state index in [1.807, 2.05) is 24.3 Å². The molecule has 2 aromatic carbocycles. The van der Waals surface area contributed by atoms with Crippen molar-refractivity contribution < 1.29 is 19.4 Å². The molecular formula is C28H32Cl2N2O4. The van der Waals surface area contributed by atoms with Gasteiger partial charge in [0.05, 0.1) is 22.1 Å². The van der Waals surface area contributed by atoms with E-state index in [-0.39, 0.29) is 18.4 Å². The first-order valence-electron chi connectivity index (χ1n) is 12.2. The van der Waals surface area contributed by atoms with Crippen LogP contribution in [0.3, 0.4) is 0 Å². The van der Waals surface area contributed by atoms with Gasteiger partial charge in [-0.1, -0.05) is 47.5 Å². The van der Waals surface area contributed by atoms with Crippen LogP contribution in [0.5, 0.6) is 5.75 Å². The summed E-state index contributed by atoms with van der Waals surface area (Å²) in [5.74, 6) is -0.0374. The zero-order chi connectivity index (χ0) is 25.9. The molecule has 192 valence electrons. The molecule has 6 nitrogen and oxygen atoms in total. The minimum Gasteiger partial charge on any atom is -0.427 e. The molecule has 4 rings (SSSR count). The molecule has 36 heavy (non-hydrogen) atoms. The molecule has 0 bridgehead atoms. The number of hydrogen-bond acceptors (Lipinski definition) is 5. The van der Waals surface area contributed by atoms with E-state index < -0.39 is 17.0 Å². The fourth-order valence-electron chi connectivity index (χ4n) is 5.86. The van der Waals surface area contributed by atoms with Crippen LogP contribution in [0.25, 0.3) is 0 Å². The summed E-state index contributed by atoms with van der Waals surface area (Å²) < 4.78 is 5.36. The van der Waals surface area contributed by atoms with E-state index in [1.54, 1.807) is 24.3 Å². The largest absolute Gasteiger partial charge is 0.427 e. The van der Waals surface area contributed by atoms with E-state index in [1.165, 1.54) is 6.92 Å². The molecular weight excluding hydrogens is 499 g/mol. The second-order valence-corrected chi connectivity index (χ2v) is 10.8. The number of carbonyl (C=O) groups excluding carboxylic acids is 2. The van der Waals surface area contributed by atoms with Gasteiger partial charge in [0.2, 0.25) is 5.91 Å². The lowest BCUT2D eigenvalue weighted by atomic mass is 9.55. The van der Waals surface area contributed by atoms with Gasteiger partial charge in [0.15, 0.2) is 0 Å². The molecule has 0 spiro atoms. The van der Waals surface area contributed by atoms with Crippen molar-refractivity contribution in [2.24, 2.45) is 0 Å². The molecule has 8 heteroatoms. The molecule has 2 fully saturated rings. The number of likely N-dealkylation sites (tertiary alicyclic amines) is 1. The summed E-state index contributed by atoms with van der Waals surface area (Å²) in [5, 5.41) is 16.1. The molecule has 1 aliphatic carbocycles. The van der Waals surface area contributed by atoms with Crippen LogP contribution >= 0.6 is 23.2 Å². The third kappa shape index (κ3) is 5.62. The first-order chi connectivity index (χ1) is 17.1. The highest BCUT2D eigenvalue weighted by Gasteiger charge is 2.57. The highest BCUT2D eigenvalue weighted by molar-refractivity contribution is 6.42. The predicted molar refractivity (Wildman–Crippen MR) is 142 cm³/mol. The molecule has 1 saturated heterocycles. The van der Waals surface area contributed by atoms with Gasteiger partial charge in [-0.2, -0.15) is 0 Å². The molecule has 2 N–H and O–H groups in total. The first kappa shape index (κ1) is 26.7. The molecule has 3 atom stereocenters. The molecule has 1 aliphatic heterocycles. The third-order valence-corrected chi connectivity index (χ3v) is 8.22. The Labute approximate surface area is 222 Å². The Bertz CT molecular complexity index is 1160. The maximum Gasteiger partial charge on any atom is 0.308 e. The smallest absolute Gasteiger partial charge is 0.308 e. The fraction of sp³-hybridized carbons (Fsp3) is 0.429. The Balaban J connectivity index is 1.59. The Morgan fingerprint density at radius 1 is 1.22 bits per heavy atom. The first-order valence-corrected chi connectivity index (χ1v) is 13.0. The van der Waals surface area contributed by atoms with E-state index in [9.17, 15) is 14.7 Å². The summed E-state index contributed by atoms with van der Waals surface area (Å²) in [6.07, 6.45) is 4.54. The van der Waals surface area contributed by atoms with Crippen LogP contribution in [0.15, 0.2) is 55.1 Å². The Hall–Kier alpha value is -2.38. The Kier molecular flexibility index (Phi) is 8.10. The van der Waals surface area contributed by atoms with Gasteiger partial charge in [0.1, 0.15) is 5.75 Å². The van der Waals surface area contributed by atoms with E-state index in [4.69, 9.17) is 27.9 Å². The van der Waals surface area contributed by atoms with Gasteiger partial charge < -0.3 is 15.2 Å². The SMILES string of the molecule is C=CCN1CC[C@@]2(c3cccc(OC(C)=O)c3)C[C@@H](NC(=O)Cc3ccc(Cl)c(Cl)c3)CC[C@]2(O)C1. The second-order valence-electron chi connectivity index (χ2n) is 9.94. The Morgan fingerprint density at radius 2 is 2.03 bits per heavy atom. The number of halogens is 2. The van der Waals surface area contributed by atoms with Crippen LogP contribution in [0.4, 0.5) is 0 Å². The average Bonchev–Trinajstić information content (AvgIpc) is 2.81. The topological polar surface area (TPSA) is 78.9 Å². The van der Waals surface area contributed by atoms with Crippen molar-refractivity contribution in [3.05, 3.63) is 76.3 Å². The van der Waals surface area contributed by atoms with Gasteiger partial charge in [-0.3, -0.25) is 14.5 Å². The van der Waals surface area contributed by atoms with Gasteiger partial charge >= 0.3 is 5.97 Å². The summed E-state index contributed by atoms with van der Waals surface area (Å²) in [6.45, 7) is 7.23. The van der Waals surface area contributed by atoms with Crippen molar-refractivity contribution in [1.29, 1.82) is 0 Å². The minimum atomic E-state index is -0.992. The summed E-state index contributed by atoms with van der Waals surface area (Å²) >= 11 is 12.1. The van der Waals surface area contributed by atoms with Crippen LogP contribution in [0.1, 0.15) is 43.7 Å². The normalized spacial score (nSPS) is 26.1. The highest BCUT2D eigenvalue weighted by Crippen LogP contribution is 2.52. The van der Waals surface area contributed by atoms with Gasteiger partial charge in [-0.05, 0) is 67.6 Å². The molecule has 1 heterocycles. The number of rotatable bonds is 7. The number of aliphatic hydroxyl groups is 1. The number of benzene rings is 2. The van der Waals surface area contributed by atoms with Crippen LogP contribution in [0.2, 0.25) is 10.0 Å². The molecule has 1 saturated carbocycles. The Morgan fingerprint density at radius 3 is 2.75 bits per heavy atom. The number of hydrogen-bond donors (Lipinski definition) is 2. The zero-order valence-corrected chi connectivity index (χ0v) is 21.9. The minimum absolute atomic E-state index is 0.100. The number of carbonyl (C=O) groups is 2. The maximum absolute atomic E-state index is 12.9. The van der Waals surface area contributed by atoms with Crippen LogP contribution < -0.4 is 10.1 Å². The van der Waals surface area contributed by atoms with E-state index in [2.05, 4.69) is 16.8 Å². The fourth-order valence-corrected chi connectivity index (χ4v) is 6.18. The molecule has 0 aromatic heterocycles. The summed E-state index contributed by atoms with van der Waals surface area (Å²) in [7, 11) is 0. The van der Waals surface area contributed by atoms with Crippen molar-refractivity contribution in [1.82, 2.24) is 10.2 Å². The third-order valence-electron chi connectivity index (χ3n) is 7.48. The molecule has 0 unspecified atom stereocenters. The lowest BCUT2D eigenvalue weighted by Gasteiger charge is -2.58. The summed E-state index contributed by atoms with van der Waals surface area (Å²) in [6, 6.07) is 12.5. The van der Waals surface area contributed by atoms with Crippen LogP contribution in [-0.4, -0.2) is 53.2 Å². The summed E-state index contributed by atoms with van der Waals surface area (Å²) in [5.41, 5.74) is 0.121. The number of ether oxygens (including phenoxy) is 1. The van der Waals surface area contributed by atoms with Gasteiger partial charge in [-0.15, -0.1) is 6.58 Å². The second kappa shape index (κ2) is 10.9. The highest BCUT2D eigenvalue weighted by atomic mass is 35.5. The van der Waals surface area contributed by atoms with E-state index in [0.29, 0.717) is 54.6 Å². The van der Waals surface area contributed by atoms with Gasteiger partial charge in [-0.25, -0.2) is 0 Å². The maximum atomic E-state index is 12.9. The zero-order valence-electron chi connectivity index (χ0n) is 20.4. The quantitative estimate of drug-likeness (QED) is 0.308. The van der Waals surface area contributed by atoms with Crippen molar-refractivity contribution in [3.63, 3.8) is 0 Å². The number of β-amino-alcohol motifs (C(OH)–C–C–N with tert-alkyl or cyclic N) is 1. The van der Waals surface area contributed by atoms with Crippen molar-refractivity contribution in [2.45, 2.75) is 56.1 Å². The standard InChI is InChI=1S/C28H32Cl2N2O4/c1-3-12-32-13-11-27(21-5-4-6-23(16-21)36-19(2)33)17-22(9-10-28(27,35)18-32)31-26(34)15-20-7-8-24(29)25(30)14-20/h3-8,14,16,22,35H,1,9-13,15,17-18H2,2H3,(H,31,34)/t22-,27-,28-/m0/s1. The van der Waals surface area contributed by atoms with Crippen LogP contribution in [0, 0.1) is 0 Å². The average molecular weight is 531 g/mol. The number of nitrogens with zero attached hydrogens (tertiary/aromatic N) is 1. The van der Waals surface area contributed by atoms with E-state index >= 15 is 0 Å². The molecule has 0 radical (unpaired) electrons. The van der Waals surface area contributed by atoms with Gasteiger partial charge in [0.25, 0.3) is 0 Å². The van der Waals surface area contributed by atoms with Crippen molar-refractivity contribution in [3.8, 4) is 5.75 Å². The van der Waals surface area contributed by atoms with Crippen LogP contribution in [-0.2, 0) is 21.4 Å². The lowest BCUT2D eigenvalue weighted by molar-refractivity contribution is -0.133. The summed E-state index contributed by atoms with van der Waals surface area (Å²) in [4.78, 5) is 26.7. The molecule has 2 aromatic rings. The monoisotopic (exact) mass is 530 g/mol. The number of fused-ring (bicyclic) bond motifs is 1. The molecule has 1 amide bonds. The molecule has 2 aliphatic rings. The number of amides is 1. The number of piperidine rings is 1. The van der Waals surface area contributed by atoms with Crippen molar-refractivity contribution in [2.75, 3.05) is 19.6 Å². The lowest BCUT2D eigenvalue weighted by Crippen LogP contribution is -2.67. The van der Waals surface area contributed by atoms with Crippen molar-refractivity contribution >= 4 is 35.1 Å². The number of nitrogens with one attached hydrogen (secondary N) is 1. The predicted octanol–water partition coefficient (Wildman–Crippen LogP) is 4.69.